The standard InChI is InChI=1S/C14H19F3O/c1-11(2)6-3-4-7-12-8-5-9-13(10-12)18-14(15,16)17/h5,8-11H,3-4,6-7H2,1-2H3. The molecular weight excluding hydrogens is 241 g/mol. The van der Waals surface area contributed by atoms with Crippen molar-refractivity contribution < 1.29 is 17.9 Å². The fourth-order valence-electron chi connectivity index (χ4n) is 1.78. The molecule has 0 N–H and O–H groups in total. The summed E-state index contributed by atoms with van der Waals surface area (Å²) in [5.41, 5.74) is 0.889. The van der Waals surface area contributed by atoms with Crippen LogP contribution in [0.25, 0.3) is 0 Å². The zero-order valence-electron chi connectivity index (χ0n) is 10.8. The van der Waals surface area contributed by atoms with Gasteiger partial charge in [0.2, 0.25) is 0 Å². The first-order chi connectivity index (χ1) is 8.37. The summed E-state index contributed by atoms with van der Waals surface area (Å²) < 4.78 is 40.0. The number of benzene rings is 1. The Labute approximate surface area is 106 Å². The predicted octanol–water partition coefficient (Wildman–Crippen LogP) is 4.95. The van der Waals surface area contributed by atoms with Gasteiger partial charge in [0, 0.05) is 0 Å². The minimum Gasteiger partial charge on any atom is -0.406 e. The highest BCUT2D eigenvalue weighted by Crippen LogP contribution is 2.24. The van der Waals surface area contributed by atoms with Crippen molar-refractivity contribution in [2.75, 3.05) is 0 Å². The molecule has 0 aliphatic rings. The maximum absolute atomic E-state index is 12.0. The van der Waals surface area contributed by atoms with Gasteiger partial charge in [-0.2, -0.15) is 0 Å². The normalized spacial score (nSPS) is 11.9. The summed E-state index contributed by atoms with van der Waals surface area (Å²) in [7, 11) is 0. The molecule has 0 fully saturated rings. The first kappa shape index (κ1) is 14.9. The SMILES string of the molecule is CC(C)CCCCc1cccc(OC(F)(F)F)c1. The van der Waals surface area contributed by atoms with Crippen LogP contribution in [0.4, 0.5) is 13.2 Å². The molecule has 0 spiro atoms. The molecule has 1 aromatic rings. The van der Waals surface area contributed by atoms with Crippen LogP contribution in [0.15, 0.2) is 24.3 Å². The monoisotopic (exact) mass is 260 g/mol. The zero-order valence-corrected chi connectivity index (χ0v) is 10.8. The number of hydrogen-bond donors (Lipinski definition) is 0. The summed E-state index contributed by atoms with van der Waals surface area (Å²) in [6, 6.07) is 6.21. The lowest BCUT2D eigenvalue weighted by atomic mass is 10.0. The highest BCUT2D eigenvalue weighted by atomic mass is 19.4. The Morgan fingerprint density at radius 1 is 1.17 bits per heavy atom. The number of hydrogen-bond acceptors (Lipinski definition) is 1. The van der Waals surface area contributed by atoms with E-state index in [1.54, 1.807) is 6.07 Å². The molecule has 1 rings (SSSR count). The van der Waals surface area contributed by atoms with Crippen LogP contribution in [0.5, 0.6) is 5.75 Å². The average Bonchev–Trinajstić information content (AvgIpc) is 2.22. The van der Waals surface area contributed by atoms with Crippen LogP contribution < -0.4 is 4.74 Å². The number of halogens is 3. The van der Waals surface area contributed by atoms with E-state index >= 15 is 0 Å². The fraction of sp³-hybridized carbons (Fsp3) is 0.571. The van der Waals surface area contributed by atoms with Crippen molar-refractivity contribution in [3.63, 3.8) is 0 Å². The second-order valence-electron chi connectivity index (χ2n) is 4.83. The summed E-state index contributed by atoms with van der Waals surface area (Å²) in [4.78, 5) is 0. The fourth-order valence-corrected chi connectivity index (χ4v) is 1.78. The van der Waals surface area contributed by atoms with Crippen LogP contribution >= 0.6 is 0 Å². The molecular formula is C14H19F3O. The zero-order chi connectivity index (χ0) is 13.6. The van der Waals surface area contributed by atoms with Gasteiger partial charge in [0.05, 0.1) is 0 Å². The molecule has 0 aliphatic carbocycles. The van der Waals surface area contributed by atoms with Crippen molar-refractivity contribution in [1.29, 1.82) is 0 Å². The molecule has 0 aliphatic heterocycles. The number of alkyl halides is 3. The number of rotatable bonds is 6. The third kappa shape index (κ3) is 6.52. The van der Waals surface area contributed by atoms with E-state index in [-0.39, 0.29) is 5.75 Å². The molecule has 0 heterocycles. The molecule has 0 saturated heterocycles. The van der Waals surface area contributed by atoms with Gasteiger partial charge in [0.1, 0.15) is 5.75 Å². The molecule has 0 bridgehead atoms. The van der Waals surface area contributed by atoms with Gasteiger partial charge < -0.3 is 4.74 Å². The molecule has 0 saturated carbocycles. The topological polar surface area (TPSA) is 9.23 Å². The molecule has 102 valence electrons. The molecule has 18 heavy (non-hydrogen) atoms. The predicted molar refractivity (Wildman–Crippen MR) is 65.5 cm³/mol. The van der Waals surface area contributed by atoms with E-state index in [0.29, 0.717) is 5.92 Å². The van der Waals surface area contributed by atoms with E-state index in [9.17, 15) is 13.2 Å². The second-order valence-corrected chi connectivity index (χ2v) is 4.83. The van der Waals surface area contributed by atoms with Gasteiger partial charge in [-0.1, -0.05) is 38.8 Å². The van der Waals surface area contributed by atoms with E-state index in [1.165, 1.54) is 12.1 Å². The van der Waals surface area contributed by atoms with Crippen molar-refractivity contribution in [2.45, 2.75) is 45.9 Å². The Morgan fingerprint density at radius 3 is 2.50 bits per heavy atom. The van der Waals surface area contributed by atoms with Crippen LogP contribution in [-0.4, -0.2) is 6.36 Å². The lowest BCUT2D eigenvalue weighted by molar-refractivity contribution is -0.274. The highest BCUT2D eigenvalue weighted by Gasteiger charge is 2.31. The first-order valence-electron chi connectivity index (χ1n) is 6.21. The van der Waals surface area contributed by atoms with Gasteiger partial charge in [-0.3, -0.25) is 0 Å². The summed E-state index contributed by atoms with van der Waals surface area (Å²) in [6.45, 7) is 4.33. The molecule has 0 radical (unpaired) electrons. The van der Waals surface area contributed by atoms with Crippen molar-refractivity contribution in [3.8, 4) is 5.75 Å². The number of aryl methyl sites for hydroxylation is 1. The van der Waals surface area contributed by atoms with Gasteiger partial charge in [-0.25, -0.2) is 0 Å². The summed E-state index contributed by atoms with van der Waals surface area (Å²) in [5, 5.41) is 0. The maximum Gasteiger partial charge on any atom is 0.573 e. The van der Waals surface area contributed by atoms with Crippen molar-refractivity contribution in [2.24, 2.45) is 5.92 Å². The van der Waals surface area contributed by atoms with Crippen LogP contribution in [0, 0.1) is 5.92 Å². The summed E-state index contributed by atoms with van der Waals surface area (Å²) in [6.07, 6.45) is -0.577. The minimum absolute atomic E-state index is 0.135. The summed E-state index contributed by atoms with van der Waals surface area (Å²) in [5.74, 6) is 0.536. The molecule has 0 amide bonds. The third-order valence-corrected chi connectivity index (χ3v) is 2.63. The smallest absolute Gasteiger partial charge is 0.406 e. The second kappa shape index (κ2) is 6.66. The van der Waals surface area contributed by atoms with Gasteiger partial charge in [0.15, 0.2) is 0 Å². The van der Waals surface area contributed by atoms with Crippen molar-refractivity contribution >= 4 is 0 Å². The molecule has 0 aromatic heterocycles. The number of ether oxygens (including phenoxy) is 1. The molecule has 1 aromatic carbocycles. The van der Waals surface area contributed by atoms with Crippen LogP contribution in [0.3, 0.4) is 0 Å². The lowest BCUT2D eigenvalue weighted by Gasteiger charge is -2.10. The van der Waals surface area contributed by atoms with Gasteiger partial charge >= 0.3 is 6.36 Å². The van der Waals surface area contributed by atoms with Gasteiger partial charge in [-0.05, 0) is 36.5 Å². The Bertz CT molecular complexity index is 358. The minimum atomic E-state index is -4.61. The van der Waals surface area contributed by atoms with E-state index < -0.39 is 6.36 Å². The largest absolute Gasteiger partial charge is 0.573 e. The van der Waals surface area contributed by atoms with Crippen molar-refractivity contribution in [1.82, 2.24) is 0 Å². The first-order valence-corrected chi connectivity index (χ1v) is 6.21. The third-order valence-electron chi connectivity index (χ3n) is 2.63. The van der Waals surface area contributed by atoms with Crippen LogP contribution in [0.1, 0.15) is 38.7 Å². The van der Waals surface area contributed by atoms with Gasteiger partial charge in [0.25, 0.3) is 0 Å². The average molecular weight is 260 g/mol. The summed E-state index contributed by atoms with van der Waals surface area (Å²) >= 11 is 0. The van der Waals surface area contributed by atoms with E-state index in [4.69, 9.17) is 0 Å². The van der Waals surface area contributed by atoms with E-state index in [2.05, 4.69) is 18.6 Å². The molecule has 0 unspecified atom stereocenters. The Hall–Kier alpha value is -1.19. The van der Waals surface area contributed by atoms with Crippen LogP contribution in [0.2, 0.25) is 0 Å². The van der Waals surface area contributed by atoms with E-state index in [0.717, 1.165) is 31.2 Å². The lowest BCUT2D eigenvalue weighted by Crippen LogP contribution is -2.17. The molecule has 1 nitrogen and oxygen atoms in total. The Kier molecular flexibility index (Phi) is 5.51. The van der Waals surface area contributed by atoms with Gasteiger partial charge in [-0.15, -0.1) is 13.2 Å². The highest BCUT2D eigenvalue weighted by molar-refractivity contribution is 5.28. The van der Waals surface area contributed by atoms with Crippen molar-refractivity contribution in [3.05, 3.63) is 29.8 Å². The number of unbranched alkanes of at least 4 members (excludes halogenated alkanes) is 1. The quantitative estimate of drug-likeness (QED) is 0.657. The molecule has 0 atom stereocenters. The Balaban J connectivity index is 2.44. The van der Waals surface area contributed by atoms with E-state index in [1.807, 2.05) is 6.07 Å². The maximum atomic E-state index is 12.0. The van der Waals surface area contributed by atoms with Crippen LogP contribution in [-0.2, 0) is 6.42 Å². The molecule has 4 heteroatoms. The Morgan fingerprint density at radius 2 is 1.89 bits per heavy atom.